The van der Waals surface area contributed by atoms with E-state index in [1.54, 1.807) is 20.4 Å². The van der Waals surface area contributed by atoms with Crippen molar-refractivity contribution in [2.75, 3.05) is 64.2 Å². The van der Waals surface area contributed by atoms with Crippen LogP contribution >= 0.6 is 0 Å². The van der Waals surface area contributed by atoms with E-state index in [1.807, 2.05) is 18.2 Å². The fourth-order valence-electron chi connectivity index (χ4n) is 2.80. The summed E-state index contributed by atoms with van der Waals surface area (Å²) in [5.41, 5.74) is 1.03. The van der Waals surface area contributed by atoms with Gasteiger partial charge in [-0.3, -0.25) is 4.90 Å². The van der Waals surface area contributed by atoms with Crippen molar-refractivity contribution in [2.45, 2.75) is 6.54 Å². The van der Waals surface area contributed by atoms with Gasteiger partial charge in [0, 0.05) is 32.7 Å². The van der Waals surface area contributed by atoms with E-state index in [1.165, 1.54) is 0 Å². The highest BCUT2D eigenvalue weighted by molar-refractivity contribution is 5.44. The molecule has 27 heavy (non-hydrogen) atoms. The second-order valence-corrected chi connectivity index (χ2v) is 6.09. The summed E-state index contributed by atoms with van der Waals surface area (Å²) in [6, 6.07) is 5.76. The van der Waals surface area contributed by atoms with Crippen LogP contribution in [0.5, 0.6) is 11.5 Å². The lowest BCUT2D eigenvalue weighted by atomic mass is 10.2. The number of morpholine rings is 1. The number of hydrogen-bond acceptors (Lipinski definition) is 9. The third kappa shape index (κ3) is 5.66. The summed E-state index contributed by atoms with van der Waals surface area (Å²) >= 11 is 0. The van der Waals surface area contributed by atoms with Crippen molar-refractivity contribution in [1.82, 2.24) is 20.1 Å². The summed E-state index contributed by atoms with van der Waals surface area (Å²) in [6.07, 6.45) is 1.63. The minimum absolute atomic E-state index is 0.473. The van der Waals surface area contributed by atoms with Crippen LogP contribution in [0.3, 0.4) is 0 Å². The standard InChI is InChI=1S/C18H26N6O3/c1-25-15-4-3-14(11-16(15)26-2)12-20-18-22-17(13-21-23-18)19-5-6-24-7-9-27-10-8-24/h3-4,11,13H,5-10,12H2,1-2H3,(H2,19,20,22,23). The molecule has 0 radical (unpaired) electrons. The zero-order valence-corrected chi connectivity index (χ0v) is 15.8. The normalized spacial score (nSPS) is 14.6. The molecule has 0 amide bonds. The smallest absolute Gasteiger partial charge is 0.244 e. The highest BCUT2D eigenvalue weighted by Crippen LogP contribution is 2.27. The number of hydrogen-bond donors (Lipinski definition) is 2. The maximum Gasteiger partial charge on any atom is 0.244 e. The molecule has 9 nitrogen and oxygen atoms in total. The second-order valence-electron chi connectivity index (χ2n) is 6.09. The molecule has 1 aliphatic heterocycles. The number of rotatable bonds is 9. The average molecular weight is 374 g/mol. The maximum absolute atomic E-state index is 5.36. The lowest BCUT2D eigenvalue weighted by Gasteiger charge is -2.26. The highest BCUT2D eigenvalue weighted by Gasteiger charge is 2.10. The molecule has 0 bridgehead atoms. The Morgan fingerprint density at radius 2 is 1.93 bits per heavy atom. The van der Waals surface area contributed by atoms with Crippen molar-refractivity contribution in [1.29, 1.82) is 0 Å². The molecule has 2 heterocycles. The molecular formula is C18H26N6O3. The molecule has 0 saturated carbocycles. The van der Waals surface area contributed by atoms with E-state index in [-0.39, 0.29) is 0 Å². The molecule has 1 fully saturated rings. The molecule has 1 aromatic carbocycles. The largest absolute Gasteiger partial charge is 0.493 e. The Bertz CT molecular complexity index is 724. The number of aromatic nitrogens is 3. The van der Waals surface area contributed by atoms with Crippen LogP contribution < -0.4 is 20.1 Å². The molecule has 0 aliphatic carbocycles. The average Bonchev–Trinajstić information content (AvgIpc) is 2.73. The summed E-state index contributed by atoms with van der Waals surface area (Å²) in [5.74, 6) is 2.56. The Morgan fingerprint density at radius 3 is 2.70 bits per heavy atom. The van der Waals surface area contributed by atoms with Crippen molar-refractivity contribution in [3.8, 4) is 11.5 Å². The third-order valence-corrected chi connectivity index (χ3v) is 4.30. The van der Waals surface area contributed by atoms with Crippen molar-refractivity contribution < 1.29 is 14.2 Å². The Labute approximate surface area is 159 Å². The van der Waals surface area contributed by atoms with Crippen molar-refractivity contribution in [3.63, 3.8) is 0 Å². The monoisotopic (exact) mass is 374 g/mol. The van der Waals surface area contributed by atoms with Gasteiger partial charge in [-0.2, -0.15) is 10.1 Å². The van der Waals surface area contributed by atoms with E-state index in [0.29, 0.717) is 29.8 Å². The molecule has 2 N–H and O–H groups in total. The van der Waals surface area contributed by atoms with Gasteiger partial charge in [0.2, 0.25) is 5.95 Å². The van der Waals surface area contributed by atoms with Gasteiger partial charge in [-0.25, -0.2) is 0 Å². The predicted octanol–water partition coefficient (Wildman–Crippen LogP) is 1.24. The van der Waals surface area contributed by atoms with E-state index in [9.17, 15) is 0 Å². The third-order valence-electron chi connectivity index (χ3n) is 4.30. The first-order valence-electron chi connectivity index (χ1n) is 8.97. The van der Waals surface area contributed by atoms with Gasteiger partial charge < -0.3 is 24.8 Å². The molecule has 146 valence electrons. The van der Waals surface area contributed by atoms with Gasteiger partial charge in [0.15, 0.2) is 17.3 Å². The molecular weight excluding hydrogens is 348 g/mol. The van der Waals surface area contributed by atoms with Gasteiger partial charge in [0.05, 0.1) is 33.6 Å². The van der Waals surface area contributed by atoms with Gasteiger partial charge in [0.1, 0.15) is 0 Å². The zero-order valence-electron chi connectivity index (χ0n) is 15.8. The number of anilines is 2. The number of ether oxygens (including phenoxy) is 3. The second kappa shape index (κ2) is 9.89. The van der Waals surface area contributed by atoms with Gasteiger partial charge in [0.25, 0.3) is 0 Å². The summed E-state index contributed by atoms with van der Waals surface area (Å²) in [6.45, 7) is 5.86. The number of methoxy groups -OCH3 is 2. The Kier molecular flexibility index (Phi) is 7.00. The van der Waals surface area contributed by atoms with E-state index < -0.39 is 0 Å². The molecule has 9 heteroatoms. The Balaban J connectivity index is 1.50. The number of nitrogens with one attached hydrogen (secondary N) is 2. The molecule has 0 unspecified atom stereocenters. The quantitative estimate of drug-likeness (QED) is 0.672. The fourth-order valence-corrected chi connectivity index (χ4v) is 2.80. The Morgan fingerprint density at radius 1 is 1.11 bits per heavy atom. The molecule has 1 aromatic heterocycles. The van der Waals surface area contributed by atoms with Gasteiger partial charge in [-0.05, 0) is 17.7 Å². The molecule has 1 saturated heterocycles. The first-order chi connectivity index (χ1) is 13.3. The van der Waals surface area contributed by atoms with Crippen LogP contribution in [0.4, 0.5) is 11.8 Å². The molecule has 0 spiro atoms. The minimum Gasteiger partial charge on any atom is -0.493 e. The van der Waals surface area contributed by atoms with E-state index in [4.69, 9.17) is 14.2 Å². The van der Waals surface area contributed by atoms with Crippen molar-refractivity contribution >= 4 is 11.8 Å². The van der Waals surface area contributed by atoms with E-state index >= 15 is 0 Å². The molecule has 1 aliphatic rings. The fraction of sp³-hybridized carbons (Fsp3) is 0.500. The summed E-state index contributed by atoms with van der Waals surface area (Å²) in [5, 5.41) is 14.5. The van der Waals surface area contributed by atoms with Crippen LogP contribution in [-0.4, -0.2) is 73.7 Å². The lowest BCUT2D eigenvalue weighted by molar-refractivity contribution is 0.0398. The van der Waals surface area contributed by atoms with Crippen LogP contribution in [0.15, 0.2) is 24.4 Å². The van der Waals surface area contributed by atoms with Crippen molar-refractivity contribution in [3.05, 3.63) is 30.0 Å². The van der Waals surface area contributed by atoms with Crippen molar-refractivity contribution in [2.24, 2.45) is 0 Å². The number of nitrogens with zero attached hydrogens (tertiary/aromatic N) is 4. The summed E-state index contributed by atoms with van der Waals surface area (Å²) in [4.78, 5) is 6.81. The van der Waals surface area contributed by atoms with Gasteiger partial charge >= 0.3 is 0 Å². The lowest BCUT2D eigenvalue weighted by Crippen LogP contribution is -2.39. The summed E-state index contributed by atoms with van der Waals surface area (Å²) < 4.78 is 15.9. The topological polar surface area (TPSA) is 93.7 Å². The van der Waals surface area contributed by atoms with Crippen LogP contribution in [-0.2, 0) is 11.3 Å². The van der Waals surface area contributed by atoms with Crippen LogP contribution in [0.25, 0.3) is 0 Å². The minimum atomic E-state index is 0.473. The number of benzene rings is 1. The van der Waals surface area contributed by atoms with E-state index in [0.717, 1.165) is 45.0 Å². The van der Waals surface area contributed by atoms with Crippen LogP contribution in [0, 0.1) is 0 Å². The highest BCUT2D eigenvalue weighted by atomic mass is 16.5. The molecule has 3 rings (SSSR count). The molecule has 0 atom stereocenters. The first kappa shape index (κ1) is 19.1. The zero-order chi connectivity index (χ0) is 18.9. The van der Waals surface area contributed by atoms with Crippen LogP contribution in [0.1, 0.15) is 5.56 Å². The first-order valence-corrected chi connectivity index (χ1v) is 8.97. The summed E-state index contributed by atoms with van der Waals surface area (Å²) in [7, 11) is 3.24. The van der Waals surface area contributed by atoms with E-state index in [2.05, 4.69) is 30.7 Å². The van der Waals surface area contributed by atoms with Crippen LogP contribution in [0.2, 0.25) is 0 Å². The predicted molar refractivity (Wildman–Crippen MR) is 102 cm³/mol. The maximum atomic E-state index is 5.36. The van der Waals surface area contributed by atoms with Gasteiger partial charge in [-0.1, -0.05) is 6.07 Å². The van der Waals surface area contributed by atoms with Gasteiger partial charge in [-0.15, -0.1) is 5.10 Å². The molecule has 2 aromatic rings. The SMILES string of the molecule is COc1ccc(CNc2nncc(NCCN3CCOCC3)n2)cc1OC. The Hall–Kier alpha value is -2.65.